The van der Waals surface area contributed by atoms with Gasteiger partial charge in [-0.1, -0.05) is 0 Å². The zero-order valence-corrected chi connectivity index (χ0v) is 12.2. The average Bonchev–Trinajstić information content (AvgIpc) is 3.08. The van der Waals surface area contributed by atoms with E-state index in [0.29, 0.717) is 12.1 Å². The Hall–Kier alpha value is -0.940. The number of carbonyl (C=O) groups excluding carboxylic acids is 1. The highest BCUT2D eigenvalue weighted by Crippen LogP contribution is 2.31. The van der Waals surface area contributed by atoms with Gasteiger partial charge in [-0.25, -0.2) is 4.98 Å². The summed E-state index contributed by atoms with van der Waals surface area (Å²) >= 11 is 1.66. The number of hydrogen-bond donors (Lipinski definition) is 0. The standard InChI is InChI=1S/C14H21N3OS/c1-11(18)17-7-3-5-14(17)13-4-2-6-16(13)8-12-9-19-10-15-12/h9-10,13-14H,2-8H2,1H3. The van der Waals surface area contributed by atoms with Crippen molar-refractivity contribution in [2.75, 3.05) is 13.1 Å². The number of nitrogens with zero attached hydrogens (tertiary/aromatic N) is 3. The molecule has 1 aromatic heterocycles. The van der Waals surface area contributed by atoms with Crippen LogP contribution in [0.15, 0.2) is 10.9 Å². The van der Waals surface area contributed by atoms with Gasteiger partial charge in [-0.2, -0.15) is 0 Å². The Bertz CT molecular complexity index is 434. The minimum atomic E-state index is 0.239. The first-order valence-corrected chi connectivity index (χ1v) is 8.08. The highest BCUT2D eigenvalue weighted by atomic mass is 32.1. The smallest absolute Gasteiger partial charge is 0.219 e. The molecule has 0 saturated carbocycles. The van der Waals surface area contributed by atoms with E-state index in [0.717, 1.165) is 32.5 Å². The Balaban J connectivity index is 1.70. The molecule has 0 spiro atoms. The summed E-state index contributed by atoms with van der Waals surface area (Å²) in [6, 6.07) is 0.965. The van der Waals surface area contributed by atoms with Crippen LogP contribution in [0.2, 0.25) is 0 Å². The maximum atomic E-state index is 11.7. The van der Waals surface area contributed by atoms with E-state index in [-0.39, 0.29) is 5.91 Å². The van der Waals surface area contributed by atoms with Gasteiger partial charge in [0.15, 0.2) is 0 Å². The average molecular weight is 279 g/mol. The van der Waals surface area contributed by atoms with Crippen LogP contribution in [0.4, 0.5) is 0 Å². The van der Waals surface area contributed by atoms with Gasteiger partial charge in [-0.15, -0.1) is 11.3 Å². The van der Waals surface area contributed by atoms with E-state index in [1.807, 2.05) is 5.51 Å². The van der Waals surface area contributed by atoms with Crippen LogP contribution in [0.5, 0.6) is 0 Å². The molecule has 1 amide bonds. The molecule has 2 aliphatic heterocycles. The molecular formula is C14H21N3OS. The fourth-order valence-electron chi connectivity index (χ4n) is 3.59. The van der Waals surface area contributed by atoms with Gasteiger partial charge < -0.3 is 4.90 Å². The summed E-state index contributed by atoms with van der Waals surface area (Å²) in [4.78, 5) is 20.7. The number of rotatable bonds is 3. The third-order valence-electron chi connectivity index (χ3n) is 4.41. The molecule has 2 unspecified atom stereocenters. The van der Waals surface area contributed by atoms with E-state index in [1.54, 1.807) is 18.3 Å². The fourth-order valence-corrected chi connectivity index (χ4v) is 4.14. The van der Waals surface area contributed by atoms with Gasteiger partial charge in [0.1, 0.15) is 0 Å². The molecule has 19 heavy (non-hydrogen) atoms. The molecule has 0 aromatic carbocycles. The number of aromatic nitrogens is 1. The van der Waals surface area contributed by atoms with Gasteiger partial charge >= 0.3 is 0 Å². The van der Waals surface area contributed by atoms with Crippen molar-refractivity contribution in [1.82, 2.24) is 14.8 Å². The van der Waals surface area contributed by atoms with Crippen molar-refractivity contribution in [2.24, 2.45) is 0 Å². The summed E-state index contributed by atoms with van der Waals surface area (Å²) in [6.45, 7) is 4.74. The second-order valence-corrected chi connectivity index (χ2v) is 6.30. The summed E-state index contributed by atoms with van der Waals surface area (Å²) in [5.74, 6) is 0.239. The van der Waals surface area contributed by atoms with Crippen molar-refractivity contribution < 1.29 is 4.79 Å². The zero-order valence-electron chi connectivity index (χ0n) is 11.4. The number of likely N-dealkylation sites (tertiary alicyclic amines) is 2. The second kappa shape index (κ2) is 5.59. The molecule has 1 aromatic rings. The second-order valence-electron chi connectivity index (χ2n) is 5.58. The van der Waals surface area contributed by atoms with Crippen LogP contribution in [0, 0.1) is 0 Å². The number of thiazole rings is 1. The lowest BCUT2D eigenvalue weighted by Gasteiger charge is -2.34. The molecule has 2 aliphatic rings. The Kier molecular flexibility index (Phi) is 3.84. The lowest BCUT2D eigenvalue weighted by molar-refractivity contribution is -0.130. The Labute approximate surface area is 118 Å². The Morgan fingerprint density at radius 3 is 2.89 bits per heavy atom. The molecule has 0 radical (unpaired) electrons. The SMILES string of the molecule is CC(=O)N1CCCC1C1CCCN1Cc1cscn1. The molecular weight excluding hydrogens is 258 g/mol. The van der Waals surface area contributed by atoms with Crippen molar-refractivity contribution in [3.8, 4) is 0 Å². The summed E-state index contributed by atoms with van der Waals surface area (Å²) in [7, 11) is 0. The molecule has 2 fully saturated rings. The highest BCUT2D eigenvalue weighted by molar-refractivity contribution is 7.07. The van der Waals surface area contributed by atoms with Crippen LogP contribution >= 0.6 is 11.3 Å². The molecule has 2 atom stereocenters. The summed E-state index contributed by atoms with van der Waals surface area (Å²) in [6.07, 6.45) is 4.79. The molecule has 0 bridgehead atoms. The third kappa shape index (κ3) is 2.67. The molecule has 4 nitrogen and oxygen atoms in total. The normalized spacial score (nSPS) is 28.2. The topological polar surface area (TPSA) is 36.4 Å². The van der Waals surface area contributed by atoms with Gasteiger partial charge in [0, 0.05) is 37.5 Å². The van der Waals surface area contributed by atoms with E-state index in [2.05, 4.69) is 20.2 Å². The van der Waals surface area contributed by atoms with Crippen LogP contribution in [0.3, 0.4) is 0 Å². The quantitative estimate of drug-likeness (QED) is 0.850. The van der Waals surface area contributed by atoms with Crippen molar-refractivity contribution in [3.63, 3.8) is 0 Å². The Morgan fingerprint density at radius 2 is 2.16 bits per heavy atom. The van der Waals surface area contributed by atoms with Crippen molar-refractivity contribution in [2.45, 2.75) is 51.2 Å². The van der Waals surface area contributed by atoms with Crippen LogP contribution in [0.25, 0.3) is 0 Å². The first kappa shape index (κ1) is 13.1. The zero-order chi connectivity index (χ0) is 13.2. The molecule has 0 N–H and O–H groups in total. The summed E-state index contributed by atoms with van der Waals surface area (Å²) < 4.78 is 0. The first-order chi connectivity index (χ1) is 9.25. The molecule has 0 aliphatic carbocycles. The largest absolute Gasteiger partial charge is 0.338 e. The minimum absolute atomic E-state index is 0.239. The molecule has 3 rings (SSSR count). The van der Waals surface area contributed by atoms with Gasteiger partial charge in [0.2, 0.25) is 5.91 Å². The molecule has 5 heteroatoms. The van der Waals surface area contributed by atoms with Gasteiger partial charge in [-0.05, 0) is 32.2 Å². The predicted molar refractivity (Wildman–Crippen MR) is 76.0 cm³/mol. The van der Waals surface area contributed by atoms with Crippen LogP contribution in [-0.2, 0) is 11.3 Å². The van der Waals surface area contributed by atoms with E-state index < -0.39 is 0 Å². The number of carbonyl (C=O) groups is 1. The van der Waals surface area contributed by atoms with E-state index in [4.69, 9.17) is 0 Å². The maximum Gasteiger partial charge on any atom is 0.219 e. The van der Waals surface area contributed by atoms with Crippen LogP contribution in [-0.4, -0.2) is 45.9 Å². The highest BCUT2D eigenvalue weighted by Gasteiger charge is 2.38. The van der Waals surface area contributed by atoms with Gasteiger partial charge in [0.05, 0.1) is 11.2 Å². The van der Waals surface area contributed by atoms with Crippen LogP contribution < -0.4 is 0 Å². The lowest BCUT2D eigenvalue weighted by atomic mass is 10.0. The first-order valence-electron chi connectivity index (χ1n) is 7.14. The summed E-state index contributed by atoms with van der Waals surface area (Å²) in [5.41, 5.74) is 3.07. The van der Waals surface area contributed by atoms with Gasteiger partial charge in [-0.3, -0.25) is 9.69 Å². The monoisotopic (exact) mass is 279 g/mol. The number of amides is 1. The fraction of sp³-hybridized carbons (Fsp3) is 0.714. The Morgan fingerprint density at radius 1 is 1.37 bits per heavy atom. The van der Waals surface area contributed by atoms with Gasteiger partial charge in [0.25, 0.3) is 0 Å². The van der Waals surface area contributed by atoms with E-state index in [1.165, 1.54) is 18.5 Å². The van der Waals surface area contributed by atoms with E-state index in [9.17, 15) is 4.79 Å². The van der Waals surface area contributed by atoms with Crippen molar-refractivity contribution in [3.05, 3.63) is 16.6 Å². The molecule has 3 heterocycles. The molecule has 2 saturated heterocycles. The number of hydrogen-bond acceptors (Lipinski definition) is 4. The third-order valence-corrected chi connectivity index (χ3v) is 5.05. The van der Waals surface area contributed by atoms with Crippen molar-refractivity contribution >= 4 is 17.2 Å². The van der Waals surface area contributed by atoms with Crippen LogP contribution in [0.1, 0.15) is 38.3 Å². The predicted octanol–water partition coefficient (Wildman–Crippen LogP) is 2.12. The molecule has 104 valence electrons. The maximum absolute atomic E-state index is 11.7. The summed E-state index contributed by atoms with van der Waals surface area (Å²) in [5, 5.41) is 2.13. The lowest BCUT2D eigenvalue weighted by Crippen LogP contribution is -2.47. The van der Waals surface area contributed by atoms with E-state index >= 15 is 0 Å². The minimum Gasteiger partial charge on any atom is -0.338 e. The van der Waals surface area contributed by atoms with Crippen molar-refractivity contribution in [1.29, 1.82) is 0 Å².